The van der Waals surface area contributed by atoms with Gasteiger partial charge in [0.05, 0.1) is 0 Å². The van der Waals surface area contributed by atoms with Crippen molar-refractivity contribution in [3.63, 3.8) is 0 Å². The number of hydrogen-bond donors (Lipinski definition) is 0. The fourth-order valence-corrected chi connectivity index (χ4v) is 4.65. The van der Waals surface area contributed by atoms with E-state index >= 15 is 0 Å². The molecule has 7 nitrogen and oxygen atoms in total. The summed E-state index contributed by atoms with van der Waals surface area (Å²) >= 11 is 1.52. The third kappa shape index (κ3) is 4.87. The summed E-state index contributed by atoms with van der Waals surface area (Å²) in [6.45, 7) is 2.13. The molecular formula is C22H27N5O2S. The van der Waals surface area contributed by atoms with Gasteiger partial charge in [-0.1, -0.05) is 6.07 Å². The molecule has 4 heterocycles. The molecule has 1 atom stereocenters. The number of fused-ring (bicyclic) bond motifs is 1. The van der Waals surface area contributed by atoms with E-state index in [2.05, 4.69) is 9.97 Å². The molecule has 1 aliphatic heterocycles. The third-order valence-corrected chi connectivity index (χ3v) is 6.51. The van der Waals surface area contributed by atoms with Crippen molar-refractivity contribution >= 4 is 28.1 Å². The quantitative estimate of drug-likeness (QED) is 0.583. The second-order valence-electron chi connectivity index (χ2n) is 7.90. The number of hydrogen-bond acceptors (Lipinski definition) is 5. The molecule has 0 saturated carbocycles. The summed E-state index contributed by atoms with van der Waals surface area (Å²) in [4.78, 5) is 38.7. The molecule has 4 rings (SSSR count). The molecule has 8 heteroatoms. The molecule has 3 aromatic heterocycles. The lowest BCUT2D eigenvalue weighted by Crippen LogP contribution is -2.40. The van der Waals surface area contributed by atoms with Crippen molar-refractivity contribution in [1.82, 2.24) is 24.2 Å². The molecule has 1 saturated heterocycles. The number of nitrogens with zero attached hydrogens (tertiary/aromatic N) is 5. The van der Waals surface area contributed by atoms with Crippen LogP contribution in [0.1, 0.15) is 41.9 Å². The molecule has 0 spiro atoms. The van der Waals surface area contributed by atoms with Gasteiger partial charge < -0.3 is 9.80 Å². The first kappa shape index (κ1) is 20.5. The zero-order valence-corrected chi connectivity index (χ0v) is 18.1. The second-order valence-corrected chi connectivity index (χ2v) is 8.78. The number of thiazole rings is 1. The minimum Gasteiger partial charge on any atom is -0.345 e. The van der Waals surface area contributed by atoms with Crippen molar-refractivity contribution in [2.24, 2.45) is 5.92 Å². The number of imidazole rings is 1. The van der Waals surface area contributed by atoms with Crippen molar-refractivity contribution in [3.8, 4) is 0 Å². The fourth-order valence-electron chi connectivity index (χ4n) is 3.95. The Morgan fingerprint density at radius 3 is 3.03 bits per heavy atom. The van der Waals surface area contributed by atoms with Gasteiger partial charge in [-0.15, -0.1) is 11.3 Å². The Morgan fingerprint density at radius 2 is 2.23 bits per heavy atom. The van der Waals surface area contributed by atoms with E-state index in [1.54, 1.807) is 17.3 Å². The van der Waals surface area contributed by atoms with Crippen LogP contribution in [-0.4, -0.2) is 62.7 Å². The van der Waals surface area contributed by atoms with E-state index in [4.69, 9.17) is 0 Å². The first-order valence-electron chi connectivity index (χ1n) is 10.5. The number of carbonyl (C=O) groups excluding carboxylic acids is 2. The van der Waals surface area contributed by atoms with Crippen molar-refractivity contribution in [1.29, 1.82) is 0 Å². The molecule has 30 heavy (non-hydrogen) atoms. The predicted octanol–water partition coefficient (Wildman–Crippen LogP) is 3.12. The van der Waals surface area contributed by atoms with Gasteiger partial charge in [0.25, 0.3) is 5.91 Å². The summed E-state index contributed by atoms with van der Waals surface area (Å²) in [5.41, 5.74) is 1.51. The highest BCUT2D eigenvalue weighted by Crippen LogP contribution is 2.23. The van der Waals surface area contributed by atoms with Crippen LogP contribution in [0.5, 0.6) is 0 Å². The smallest absolute Gasteiger partial charge is 0.274 e. The average Bonchev–Trinajstić information content (AvgIpc) is 3.38. The van der Waals surface area contributed by atoms with E-state index < -0.39 is 0 Å². The summed E-state index contributed by atoms with van der Waals surface area (Å²) in [6.07, 6.45) is 9.63. The lowest BCUT2D eigenvalue weighted by Gasteiger charge is -2.32. The van der Waals surface area contributed by atoms with Gasteiger partial charge in [-0.05, 0) is 37.3 Å². The summed E-state index contributed by atoms with van der Waals surface area (Å²) in [5.74, 6) is 0.512. The Hall–Kier alpha value is -2.74. The molecular weight excluding hydrogens is 398 g/mol. The van der Waals surface area contributed by atoms with E-state index in [0.29, 0.717) is 31.1 Å². The van der Waals surface area contributed by atoms with Crippen molar-refractivity contribution in [3.05, 3.63) is 53.6 Å². The molecule has 0 aromatic carbocycles. The highest BCUT2D eigenvalue weighted by molar-refractivity contribution is 7.15. The fraction of sp³-hybridized carbons (Fsp3) is 0.455. The van der Waals surface area contributed by atoms with Gasteiger partial charge in [-0.25, -0.2) is 4.98 Å². The normalized spacial score (nSPS) is 16.7. The molecule has 1 unspecified atom stereocenters. The Bertz CT molecular complexity index is 971. The number of aromatic nitrogens is 3. The Morgan fingerprint density at radius 1 is 1.33 bits per heavy atom. The maximum absolute atomic E-state index is 12.9. The largest absolute Gasteiger partial charge is 0.345 e. The number of rotatable bonds is 7. The SMILES string of the molecule is CN(CCc1ccccn1)C(=O)CCC1CCCN(C(=O)c2cn3ccsc3n2)C1. The topological polar surface area (TPSA) is 70.8 Å². The molecule has 0 bridgehead atoms. The van der Waals surface area contributed by atoms with Crippen LogP contribution in [0.4, 0.5) is 0 Å². The van der Waals surface area contributed by atoms with Crippen LogP contribution in [0, 0.1) is 5.92 Å². The van der Waals surface area contributed by atoms with Crippen LogP contribution in [0.3, 0.4) is 0 Å². The van der Waals surface area contributed by atoms with Gasteiger partial charge in [-0.3, -0.25) is 19.0 Å². The van der Waals surface area contributed by atoms with Crippen molar-refractivity contribution in [2.45, 2.75) is 32.1 Å². The molecule has 0 aliphatic carbocycles. The molecule has 1 aliphatic rings. The monoisotopic (exact) mass is 425 g/mol. The molecule has 158 valence electrons. The average molecular weight is 426 g/mol. The minimum atomic E-state index is -0.00518. The van der Waals surface area contributed by atoms with Crippen LogP contribution < -0.4 is 0 Å². The molecule has 2 amide bonds. The number of likely N-dealkylation sites (N-methyl/N-ethyl adjacent to an activating group) is 1. The van der Waals surface area contributed by atoms with Crippen LogP contribution in [0.25, 0.3) is 4.96 Å². The van der Waals surface area contributed by atoms with Gasteiger partial charge >= 0.3 is 0 Å². The first-order valence-corrected chi connectivity index (χ1v) is 11.3. The van der Waals surface area contributed by atoms with Crippen LogP contribution in [0.15, 0.2) is 42.2 Å². The van der Waals surface area contributed by atoms with E-state index in [1.165, 1.54) is 11.3 Å². The van der Waals surface area contributed by atoms with Gasteiger partial charge in [0.15, 0.2) is 4.96 Å². The molecule has 0 radical (unpaired) electrons. The molecule has 1 fully saturated rings. The Kier molecular flexibility index (Phi) is 6.42. The minimum absolute atomic E-state index is 0.00518. The number of carbonyl (C=O) groups is 2. The van der Waals surface area contributed by atoms with Crippen molar-refractivity contribution in [2.75, 3.05) is 26.7 Å². The highest BCUT2D eigenvalue weighted by atomic mass is 32.1. The van der Waals surface area contributed by atoms with E-state index in [0.717, 1.165) is 42.9 Å². The van der Waals surface area contributed by atoms with Crippen LogP contribution >= 0.6 is 11.3 Å². The number of likely N-dealkylation sites (tertiary alicyclic amines) is 1. The van der Waals surface area contributed by atoms with Crippen LogP contribution in [0.2, 0.25) is 0 Å². The maximum Gasteiger partial charge on any atom is 0.274 e. The third-order valence-electron chi connectivity index (χ3n) is 5.74. The maximum atomic E-state index is 12.9. The van der Waals surface area contributed by atoms with Gasteiger partial charge in [0.1, 0.15) is 5.69 Å². The van der Waals surface area contributed by atoms with Crippen LogP contribution in [-0.2, 0) is 11.2 Å². The molecule has 0 N–H and O–H groups in total. The number of piperidine rings is 1. The van der Waals surface area contributed by atoms with E-state index in [9.17, 15) is 9.59 Å². The Balaban J connectivity index is 1.24. The Labute approximate surface area is 180 Å². The van der Waals surface area contributed by atoms with Gasteiger partial charge in [0.2, 0.25) is 5.91 Å². The lowest BCUT2D eigenvalue weighted by atomic mass is 9.93. The summed E-state index contributed by atoms with van der Waals surface area (Å²) in [6, 6.07) is 5.84. The lowest BCUT2D eigenvalue weighted by molar-refractivity contribution is -0.130. The molecule has 3 aromatic rings. The zero-order chi connectivity index (χ0) is 20.9. The first-order chi connectivity index (χ1) is 14.6. The number of pyridine rings is 1. The highest BCUT2D eigenvalue weighted by Gasteiger charge is 2.26. The summed E-state index contributed by atoms with van der Waals surface area (Å²) < 4.78 is 1.89. The predicted molar refractivity (Wildman–Crippen MR) is 117 cm³/mol. The zero-order valence-electron chi connectivity index (χ0n) is 17.2. The summed E-state index contributed by atoms with van der Waals surface area (Å²) in [7, 11) is 1.85. The van der Waals surface area contributed by atoms with Gasteiger partial charge in [-0.2, -0.15) is 0 Å². The van der Waals surface area contributed by atoms with Gasteiger partial charge in [0, 0.05) is 69.2 Å². The summed E-state index contributed by atoms with van der Waals surface area (Å²) in [5, 5.41) is 1.96. The van der Waals surface area contributed by atoms with Crippen molar-refractivity contribution < 1.29 is 9.59 Å². The number of amides is 2. The second kappa shape index (κ2) is 9.38. The van der Waals surface area contributed by atoms with E-state index in [-0.39, 0.29) is 11.8 Å². The van der Waals surface area contributed by atoms with E-state index in [1.807, 2.05) is 46.1 Å². The standard InChI is InChI=1S/C22H27N5O2S/c1-25(12-9-18-6-2-3-10-23-18)20(28)8-7-17-5-4-11-26(15-17)21(29)19-16-27-13-14-30-22(27)24-19/h2-3,6,10,13-14,16-17H,4-5,7-9,11-12,15H2,1H3.